The van der Waals surface area contributed by atoms with Gasteiger partial charge in [-0.3, -0.25) is 9.88 Å². The number of hydrogen-bond donors (Lipinski definition) is 1. The number of anilines is 1. The van der Waals surface area contributed by atoms with E-state index in [1.54, 1.807) is 24.5 Å². The summed E-state index contributed by atoms with van der Waals surface area (Å²) in [4.78, 5) is 13.7. The predicted octanol–water partition coefficient (Wildman–Crippen LogP) is 4.01. The minimum atomic E-state index is -0.437. The van der Waals surface area contributed by atoms with Gasteiger partial charge in [0, 0.05) is 68.0 Å². The summed E-state index contributed by atoms with van der Waals surface area (Å²) in [6.07, 6.45) is 5.41. The van der Waals surface area contributed by atoms with Crippen molar-refractivity contribution >= 4 is 18.2 Å². The van der Waals surface area contributed by atoms with Gasteiger partial charge < -0.3 is 10.0 Å². The number of aliphatic hydroxyl groups is 1. The molecule has 1 fully saturated rings. The first kappa shape index (κ1) is 24.8. The Morgan fingerprint density at radius 3 is 2.40 bits per heavy atom. The molecule has 0 saturated carbocycles. The van der Waals surface area contributed by atoms with E-state index in [4.69, 9.17) is 0 Å². The van der Waals surface area contributed by atoms with Crippen molar-refractivity contribution in [1.82, 2.24) is 24.6 Å². The molecule has 3 heterocycles. The highest BCUT2D eigenvalue weighted by atomic mass is 35.5. The summed E-state index contributed by atoms with van der Waals surface area (Å²) in [5.41, 5.74) is 4.89. The molecule has 1 aliphatic heterocycles. The second-order valence-corrected chi connectivity index (χ2v) is 8.48. The van der Waals surface area contributed by atoms with Crippen LogP contribution in [-0.4, -0.2) is 55.9 Å². The lowest BCUT2D eigenvalue weighted by atomic mass is 10.1. The molecule has 1 aliphatic rings. The molecule has 7 nitrogen and oxygen atoms in total. The molecule has 0 spiro atoms. The van der Waals surface area contributed by atoms with Crippen LogP contribution in [0.4, 0.5) is 10.2 Å². The number of aromatic nitrogens is 4. The van der Waals surface area contributed by atoms with Crippen LogP contribution in [-0.2, 0) is 13.2 Å². The van der Waals surface area contributed by atoms with Crippen LogP contribution in [0.3, 0.4) is 0 Å². The topological polar surface area (TPSA) is 70.3 Å². The van der Waals surface area contributed by atoms with Crippen LogP contribution in [0.2, 0.25) is 0 Å². The molecule has 9 heteroatoms. The van der Waals surface area contributed by atoms with Gasteiger partial charge in [0.2, 0.25) is 0 Å². The van der Waals surface area contributed by atoms with Gasteiger partial charge >= 0.3 is 0 Å². The number of aryl methyl sites for hydroxylation is 1. The molecule has 182 valence electrons. The van der Waals surface area contributed by atoms with Crippen LogP contribution in [0.5, 0.6) is 0 Å². The van der Waals surface area contributed by atoms with Gasteiger partial charge in [0.05, 0.1) is 18.0 Å². The van der Waals surface area contributed by atoms with Gasteiger partial charge in [-0.2, -0.15) is 5.10 Å². The van der Waals surface area contributed by atoms with E-state index in [0.717, 1.165) is 49.9 Å². The number of benzene rings is 2. The molecule has 2 aromatic heterocycles. The first-order valence-corrected chi connectivity index (χ1v) is 11.4. The predicted molar refractivity (Wildman–Crippen MR) is 136 cm³/mol. The standard InChI is InChI=1S/C26H27FN6O.ClH/c1-19-22(17-33(30-19)23-5-3-2-4-6-23)16-31-11-13-32(14-12-31)26-25(28-9-10-29-26)20-7-8-21(18-34)24(27)15-20;/h2-10,15,17,34H,11-14,16,18H2,1H3;1H. The van der Waals surface area contributed by atoms with E-state index in [1.807, 2.05) is 22.9 Å². The number of nitrogens with zero attached hydrogens (tertiary/aromatic N) is 6. The summed E-state index contributed by atoms with van der Waals surface area (Å²) in [5, 5.41) is 13.9. The van der Waals surface area contributed by atoms with Gasteiger partial charge in [0.1, 0.15) is 11.5 Å². The Labute approximate surface area is 210 Å². The van der Waals surface area contributed by atoms with Crippen LogP contribution in [0, 0.1) is 12.7 Å². The third kappa shape index (κ3) is 5.35. The molecule has 1 N–H and O–H groups in total. The molecule has 0 amide bonds. The highest BCUT2D eigenvalue weighted by Crippen LogP contribution is 2.29. The molecule has 0 unspecified atom stereocenters. The first-order valence-electron chi connectivity index (χ1n) is 11.4. The van der Waals surface area contributed by atoms with Crippen LogP contribution >= 0.6 is 12.4 Å². The summed E-state index contributed by atoms with van der Waals surface area (Å²) in [5.74, 6) is 0.319. The molecule has 5 rings (SSSR count). The molecular weight excluding hydrogens is 467 g/mol. The van der Waals surface area contributed by atoms with Crippen LogP contribution in [0.15, 0.2) is 67.1 Å². The summed E-state index contributed by atoms with van der Waals surface area (Å²) < 4.78 is 16.2. The van der Waals surface area contributed by atoms with Gasteiger partial charge in [0.15, 0.2) is 5.82 Å². The van der Waals surface area contributed by atoms with Gasteiger partial charge in [-0.25, -0.2) is 14.1 Å². The third-order valence-electron chi connectivity index (χ3n) is 6.26. The monoisotopic (exact) mass is 494 g/mol. The smallest absolute Gasteiger partial charge is 0.155 e. The van der Waals surface area contributed by atoms with Crippen LogP contribution in [0.1, 0.15) is 16.8 Å². The summed E-state index contributed by atoms with van der Waals surface area (Å²) in [6, 6.07) is 14.9. The van der Waals surface area contributed by atoms with Crippen LogP contribution < -0.4 is 4.90 Å². The Kier molecular flexibility index (Phi) is 7.75. The number of rotatable bonds is 6. The van der Waals surface area contributed by atoms with Crippen molar-refractivity contribution in [1.29, 1.82) is 0 Å². The zero-order valence-electron chi connectivity index (χ0n) is 19.5. The Morgan fingerprint density at radius 1 is 0.943 bits per heavy atom. The SMILES string of the molecule is Cc1nn(-c2ccccc2)cc1CN1CCN(c2nccnc2-c2ccc(CO)c(F)c2)CC1.Cl. The number of aliphatic hydroxyl groups excluding tert-OH is 1. The van der Waals surface area contributed by atoms with Crippen molar-refractivity contribution in [2.75, 3.05) is 31.1 Å². The Balaban J connectivity index is 0.00000289. The second kappa shape index (κ2) is 10.9. The Bertz CT molecular complexity index is 1270. The average molecular weight is 495 g/mol. The first-order chi connectivity index (χ1) is 16.6. The molecule has 0 aliphatic carbocycles. The number of para-hydroxylation sites is 1. The van der Waals surface area contributed by atoms with E-state index in [9.17, 15) is 9.50 Å². The van der Waals surface area contributed by atoms with E-state index in [1.165, 1.54) is 11.6 Å². The fourth-order valence-corrected chi connectivity index (χ4v) is 4.31. The third-order valence-corrected chi connectivity index (χ3v) is 6.26. The largest absolute Gasteiger partial charge is 0.392 e. The van der Waals surface area contributed by atoms with Gasteiger partial charge in [0.25, 0.3) is 0 Å². The molecule has 1 saturated heterocycles. The summed E-state index contributed by atoms with van der Waals surface area (Å²) in [7, 11) is 0. The van der Waals surface area contributed by atoms with E-state index in [2.05, 4.69) is 50.1 Å². The molecule has 2 aromatic carbocycles. The van der Waals surface area contributed by atoms with Gasteiger partial charge in [-0.05, 0) is 25.1 Å². The summed E-state index contributed by atoms with van der Waals surface area (Å²) in [6.45, 7) is 5.92. The van der Waals surface area contributed by atoms with E-state index >= 15 is 0 Å². The molecule has 0 atom stereocenters. The minimum Gasteiger partial charge on any atom is -0.392 e. The van der Waals surface area contributed by atoms with Gasteiger partial charge in [-0.15, -0.1) is 12.4 Å². The maximum absolute atomic E-state index is 14.3. The van der Waals surface area contributed by atoms with Crippen molar-refractivity contribution in [3.8, 4) is 16.9 Å². The van der Waals surface area contributed by atoms with Crippen molar-refractivity contribution in [2.24, 2.45) is 0 Å². The quantitative estimate of drug-likeness (QED) is 0.436. The summed E-state index contributed by atoms with van der Waals surface area (Å²) >= 11 is 0. The molecule has 4 aromatic rings. The van der Waals surface area contributed by atoms with Crippen molar-refractivity contribution in [3.05, 3.63) is 89.8 Å². The maximum atomic E-state index is 14.3. The highest BCUT2D eigenvalue weighted by Gasteiger charge is 2.23. The zero-order valence-corrected chi connectivity index (χ0v) is 20.3. The van der Waals surface area contributed by atoms with Gasteiger partial charge in [-0.1, -0.05) is 30.3 Å². The molecular formula is C26H28ClFN6O. The number of halogens is 2. The lowest BCUT2D eigenvalue weighted by Crippen LogP contribution is -2.46. The highest BCUT2D eigenvalue weighted by molar-refractivity contribution is 5.85. The average Bonchev–Trinajstić information content (AvgIpc) is 3.25. The number of hydrogen-bond acceptors (Lipinski definition) is 6. The lowest BCUT2D eigenvalue weighted by Gasteiger charge is -2.35. The fourth-order valence-electron chi connectivity index (χ4n) is 4.31. The van der Waals surface area contributed by atoms with Crippen molar-refractivity contribution in [2.45, 2.75) is 20.1 Å². The van der Waals surface area contributed by atoms with Crippen molar-refractivity contribution in [3.63, 3.8) is 0 Å². The van der Waals surface area contributed by atoms with E-state index in [-0.39, 0.29) is 24.6 Å². The Morgan fingerprint density at radius 2 is 1.69 bits per heavy atom. The molecule has 0 bridgehead atoms. The van der Waals surface area contributed by atoms with Crippen molar-refractivity contribution < 1.29 is 9.50 Å². The maximum Gasteiger partial charge on any atom is 0.155 e. The zero-order chi connectivity index (χ0) is 23.5. The fraction of sp³-hybridized carbons (Fsp3) is 0.269. The minimum absolute atomic E-state index is 0. The van der Waals surface area contributed by atoms with Crippen LogP contribution in [0.25, 0.3) is 16.9 Å². The second-order valence-electron chi connectivity index (χ2n) is 8.48. The Hall–Kier alpha value is -3.33. The number of piperazine rings is 1. The van der Waals surface area contributed by atoms with E-state index in [0.29, 0.717) is 11.3 Å². The molecule has 35 heavy (non-hydrogen) atoms. The normalized spacial score (nSPS) is 14.1. The molecule has 0 radical (unpaired) electrons. The van der Waals surface area contributed by atoms with E-state index < -0.39 is 5.82 Å². The lowest BCUT2D eigenvalue weighted by molar-refractivity contribution is 0.249.